The number of rotatable bonds is 3. The molecule has 2 unspecified atom stereocenters. The molecule has 6 nitrogen and oxygen atoms in total. The minimum absolute atomic E-state index is 0.0117. The normalized spacial score (nSPS) is 24.5. The molecule has 1 saturated heterocycles. The number of carbonyl (C=O) groups is 2. The summed E-state index contributed by atoms with van der Waals surface area (Å²) >= 11 is 0. The third kappa shape index (κ3) is 3.67. The smallest absolute Gasteiger partial charge is 0.312 e. The van der Waals surface area contributed by atoms with E-state index in [1.54, 1.807) is 4.90 Å². The molecule has 0 radical (unpaired) electrons. The molecule has 3 N–H and O–H groups in total. The summed E-state index contributed by atoms with van der Waals surface area (Å²) in [6.07, 6.45) is 0.756. The topological polar surface area (TPSA) is 84.7 Å². The summed E-state index contributed by atoms with van der Waals surface area (Å²) in [5.74, 6) is -1.07. The van der Waals surface area contributed by atoms with Crippen molar-refractivity contribution in [3.05, 3.63) is 0 Å². The molecular formula is C11H21N3O3. The van der Waals surface area contributed by atoms with Crippen molar-refractivity contribution >= 4 is 11.8 Å². The van der Waals surface area contributed by atoms with Crippen LogP contribution in [-0.2, 0) is 14.3 Å². The van der Waals surface area contributed by atoms with Crippen LogP contribution in [0.5, 0.6) is 0 Å². The predicted octanol–water partition coefficient (Wildman–Crippen LogP) is -0.913. The van der Waals surface area contributed by atoms with Crippen LogP contribution in [-0.4, -0.2) is 55.1 Å². The number of nitrogens with zero attached hydrogens (tertiary/aromatic N) is 1. The summed E-state index contributed by atoms with van der Waals surface area (Å²) in [5.41, 5.74) is 5.27. The molecule has 0 aromatic heterocycles. The van der Waals surface area contributed by atoms with Crippen molar-refractivity contribution in [3.8, 4) is 0 Å². The van der Waals surface area contributed by atoms with Gasteiger partial charge in [0.05, 0.1) is 18.8 Å². The second-order valence-electron chi connectivity index (χ2n) is 4.21. The third-order valence-electron chi connectivity index (χ3n) is 2.82. The molecule has 2 amide bonds. The summed E-state index contributed by atoms with van der Waals surface area (Å²) in [6, 6.07) is -0.0117. The molecule has 1 fully saturated rings. The van der Waals surface area contributed by atoms with Crippen molar-refractivity contribution in [2.24, 2.45) is 5.73 Å². The maximum Gasteiger partial charge on any atom is 0.312 e. The van der Waals surface area contributed by atoms with Gasteiger partial charge in [-0.25, -0.2) is 0 Å². The number of nitrogens with one attached hydrogen (secondary N) is 1. The number of hydrogen-bond donors (Lipinski definition) is 2. The van der Waals surface area contributed by atoms with Crippen LogP contribution >= 0.6 is 0 Å². The lowest BCUT2D eigenvalue weighted by atomic mass is 10.1. The average Bonchev–Trinajstić information content (AvgIpc) is 2.34. The molecule has 0 bridgehead atoms. The van der Waals surface area contributed by atoms with E-state index in [0.717, 1.165) is 6.42 Å². The van der Waals surface area contributed by atoms with Crippen molar-refractivity contribution in [2.45, 2.75) is 32.4 Å². The van der Waals surface area contributed by atoms with Gasteiger partial charge in [0, 0.05) is 19.6 Å². The maximum atomic E-state index is 11.9. The molecule has 0 aromatic carbocycles. The van der Waals surface area contributed by atoms with E-state index < -0.39 is 11.8 Å². The highest BCUT2D eigenvalue weighted by molar-refractivity contribution is 6.35. The Bertz CT molecular complexity index is 283. The second kappa shape index (κ2) is 6.56. The number of hydrogen-bond acceptors (Lipinski definition) is 4. The van der Waals surface area contributed by atoms with Crippen LogP contribution < -0.4 is 11.1 Å². The first-order chi connectivity index (χ1) is 8.10. The van der Waals surface area contributed by atoms with Crippen LogP contribution in [0.15, 0.2) is 0 Å². The zero-order valence-electron chi connectivity index (χ0n) is 10.4. The van der Waals surface area contributed by atoms with Crippen molar-refractivity contribution in [2.75, 3.05) is 26.2 Å². The zero-order chi connectivity index (χ0) is 12.8. The van der Waals surface area contributed by atoms with Gasteiger partial charge in [-0.2, -0.15) is 0 Å². The van der Waals surface area contributed by atoms with E-state index in [1.807, 2.05) is 13.8 Å². The van der Waals surface area contributed by atoms with Gasteiger partial charge in [-0.3, -0.25) is 9.59 Å². The first-order valence-corrected chi connectivity index (χ1v) is 6.00. The van der Waals surface area contributed by atoms with Crippen molar-refractivity contribution < 1.29 is 14.3 Å². The molecule has 1 rings (SSSR count). The number of ether oxygens (including phenoxy) is 1. The highest BCUT2D eigenvalue weighted by Crippen LogP contribution is 2.14. The van der Waals surface area contributed by atoms with E-state index >= 15 is 0 Å². The molecule has 0 aliphatic carbocycles. The van der Waals surface area contributed by atoms with Gasteiger partial charge in [-0.05, 0) is 13.3 Å². The van der Waals surface area contributed by atoms with Crippen molar-refractivity contribution in [1.82, 2.24) is 10.2 Å². The van der Waals surface area contributed by atoms with Gasteiger partial charge in [-0.15, -0.1) is 0 Å². The van der Waals surface area contributed by atoms with Gasteiger partial charge in [0.1, 0.15) is 0 Å². The van der Waals surface area contributed by atoms with Crippen LogP contribution in [0.3, 0.4) is 0 Å². The SMILES string of the molecule is CCC1COC(C)CN1C(=O)C(=O)NCCN. The Labute approximate surface area is 101 Å². The van der Waals surface area contributed by atoms with Gasteiger partial charge in [-0.1, -0.05) is 6.92 Å². The summed E-state index contributed by atoms with van der Waals surface area (Å²) < 4.78 is 5.48. The number of morpholine rings is 1. The molecule has 6 heteroatoms. The molecule has 1 aliphatic heterocycles. The summed E-state index contributed by atoms with van der Waals surface area (Å²) in [6.45, 7) is 5.48. The van der Waals surface area contributed by atoms with Gasteiger partial charge >= 0.3 is 11.8 Å². The summed E-state index contributed by atoms with van der Waals surface area (Å²) in [4.78, 5) is 25.1. The van der Waals surface area contributed by atoms with Gasteiger partial charge in [0.2, 0.25) is 0 Å². The third-order valence-corrected chi connectivity index (χ3v) is 2.82. The Morgan fingerprint density at radius 3 is 2.82 bits per heavy atom. The van der Waals surface area contributed by atoms with Gasteiger partial charge in [0.25, 0.3) is 0 Å². The molecule has 0 saturated carbocycles. The minimum Gasteiger partial charge on any atom is -0.375 e. The van der Waals surface area contributed by atoms with E-state index in [2.05, 4.69) is 5.32 Å². The fourth-order valence-electron chi connectivity index (χ4n) is 1.82. The predicted molar refractivity (Wildman–Crippen MR) is 63.3 cm³/mol. The number of carbonyl (C=O) groups excluding carboxylic acids is 2. The lowest BCUT2D eigenvalue weighted by Gasteiger charge is -2.37. The highest BCUT2D eigenvalue weighted by atomic mass is 16.5. The lowest BCUT2D eigenvalue weighted by molar-refractivity contribution is -0.154. The number of amides is 2. The van der Waals surface area contributed by atoms with E-state index in [-0.39, 0.29) is 12.1 Å². The summed E-state index contributed by atoms with van der Waals surface area (Å²) in [7, 11) is 0. The van der Waals surface area contributed by atoms with Gasteiger partial charge < -0.3 is 20.7 Å². The van der Waals surface area contributed by atoms with Crippen LogP contribution in [0.2, 0.25) is 0 Å². The average molecular weight is 243 g/mol. The van der Waals surface area contributed by atoms with Gasteiger partial charge in [0.15, 0.2) is 0 Å². The quantitative estimate of drug-likeness (QED) is 0.628. The Balaban J connectivity index is 2.60. The molecule has 0 spiro atoms. The molecule has 0 aromatic rings. The van der Waals surface area contributed by atoms with Crippen LogP contribution in [0, 0.1) is 0 Å². The monoisotopic (exact) mass is 243 g/mol. The van der Waals surface area contributed by atoms with E-state index in [1.165, 1.54) is 0 Å². The molecule has 1 aliphatic rings. The van der Waals surface area contributed by atoms with E-state index in [4.69, 9.17) is 10.5 Å². The van der Waals surface area contributed by atoms with Crippen LogP contribution in [0.1, 0.15) is 20.3 Å². The highest BCUT2D eigenvalue weighted by Gasteiger charge is 2.32. The van der Waals surface area contributed by atoms with Crippen LogP contribution in [0.25, 0.3) is 0 Å². The Morgan fingerprint density at radius 2 is 2.24 bits per heavy atom. The van der Waals surface area contributed by atoms with E-state index in [9.17, 15) is 9.59 Å². The zero-order valence-corrected chi connectivity index (χ0v) is 10.4. The molecule has 2 atom stereocenters. The largest absolute Gasteiger partial charge is 0.375 e. The summed E-state index contributed by atoms with van der Waals surface area (Å²) in [5, 5.41) is 2.49. The first-order valence-electron chi connectivity index (χ1n) is 6.00. The number of nitrogens with two attached hydrogens (primary N) is 1. The first kappa shape index (κ1) is 13.9. The maximum absolute atomic E-state index is 11.9. The second-order valence-corrected chi connectivity index (χ2v) is 4.21. The standard InChI is InChI=1S/C11H21N3O3/c1-3-9-7-17-8(2)6-14(9)11(16)10(15)13-5-4-12/h8-9H,3-7,12H2,1-2H3,(H,13,15). The van der Waals surface area contributed by atoms with Crippen molar-refractivity contribution in [3.63, 3.8) is 0 Å². The Hall–Kier alpha value is -1.14. The molecule has 1 heterocycles. The fourth-order valence-corrected chi connectivity index (χ4v) is 1.82. The lowest BCUT2D eigenvalue weighted by Crippen LogP contribution is -2.55. The Morgan fingerprint density at radius 1 is 1.53 bits per heavy atom. The van der Waals surface area contributed by atoms with Crippen LogP contribution in [0.4, 0.5) is 0 Å². The molecular weight excluding hydrogens is 222 g/mol. The Kier molecular flexibility index (Phi) is 5.37. The minimum atomic E-state index is -0.581. The van der Waals surface area contributed by atoms with E-state index in [0.29, 0.717) is 26.2 Å². The van der Waals surface area contributed by atoms with Crippen molar-refractivity contribution in [1.29, 1.82) is 0 Å². The molecule has 98 valence electrons. The molecule has 17 heavy (non-hydrogen) atoms. The fraction of sp³-hybridized carbons (Fsp3) is 0.818.